The molecular weight excluding hydrogens is 160 g/mol. The fourth-order valence-electron chi connectivity index (χ4n) is 1.41. The van der Waals surface area contributed by atoms with Crippen molar-refractivity contribution in [2.75, 3.05) is 6.54 Å². The number of nitrogens with two attached hydrogens (primary N) is 1. The Hall–Kier alpha value is -1.18. The summed E-state index contributed by atoms with van der Waals surface area (Å²) in [6.07, 6.45) is 5.08. The summed E-state index contributed by atoms with van der Waals surface area (Å²) < 4.78 is 0. The highest BCUT2D eigenvalue weighted by atomic mass is 14.9. The summed E-state index contributed by atoms with van der Waals surface area (Å²) in [5.74, 6) is 0. The lowest BCUT2D eigenvalue weighted by molar-refractivity contribution is 0.866. The molecule has 0 fully saturated rings. The number of hydrogen-bond donors (Lipinski definition) is 2. The third-order valence-electron chi connectivity index (χ3n) is 2.44. The van der Waals surface area contributed by atoms with Gasteiger partial charge in [-0.25, -0.2) is 0 Å². The molecule has 1 aliphatic carbocycles. The largest absolute Gasteiger partial charge is 0.402 e. The van der Waals surface area contributed by atoms with Gasteiger partial charge < -0.3 is 11.1 Å². The first-order valence-corrected chi connectivity index (χ1v) is 4.73. The smallest absolute Gasteiger partial charge is 0.0370 e. The molecule has 3 N–H and O–H groups in total. The van der Waals surface area contributed by atoms with Gasteiger partial charge in [0.1, 0.15) is 0 Å². The highest BCUT2D eigenvalue weighted by molar-refractivity contribution is 5.41. The Morgan fingerprint density at radius 3 is 2.69 bits per heavy atom. The minimum absolute atomic E-state index is 0.859. The molecule has 0 amide bonds. The Labute approximate surface area is 80.2 Å². The van der Waals surface area contributed by atoms with E-state index in [9.17, 15) is 0 Å². The van der Waals surface area contributed by atoms with Crippen LogP contribution in [0.15, 0.2) is 34.7 Å². The Kier molecular flexibility index (Phi) is 3.18. The molecular formula is C11H18N2. The van der Waals surface area contributed by atoms with E-state index < -0.39 is 0 Å². The highest BCUT2D eigenvalue weighted by Gasteiger charge is 2.06. The fourth-order valence-corrected chi connectivity index (χ4v) is 1.41. The van der Waals surface area contributed by atoms with Gasteiger partial charge in [-0.1, -0.05) is 6.08 Å². The van der Waals surface area contributed by atoms with Crippen LogP contribution in [0.5, 0.6) is 0 Å². The number of rotatable bonds is 2. The molecule has 0 spiro atoms. The lowest BCUT2D eigenvalue weighted by Gasteiger charge is -2.10. The zero-order valence-electron chi connectivity index (χ0n) is 8.65. The summed E-state index contributed by atoms with van der Waals surface area (Å²) in [5, 5.41) is 3.33. The molecule has 1 aliphatic rings. The predicted molar refractivity (Wildman–Crippen MR) is 57.0 cm³/mol. The van der Waals surface area contributed by atoms with Crippen LogP contribution < -0.4 is 11.1 Å². The molecule has 2 nitrogen and oxygen atoms in total. The topological polar surface area (TPSA) is 38.0 Å². The van der Waals surface area contributed by atoms with Crippen molar-refractivity contribution in [3.8, 4) is 0 Å². The van der Waals surface area contributed by atoms with E-state index in [1.54, 1.807) is 0 Å². The molecule has 2 heteroatoms. The van der Waals surface area contributed by atoms with Gasteiger partial charge in [0.15, 0.2) is 0 Å². The van der Waals surface area contributed by atoms with Gasteiger partial charge in [0, 0.05) is 24.4 Å². The van der Waals surface area contributed by atoms with Crippen molar-refractivity contribution in [3.63, 3.8) is 0 Å². The van der Waals surface area contributed by atoms with Gasteiger partial charge in [0.2, 0.25) is 0 Å². The molecule has 0 saturated carbocycles. The Morgan fingerprint density at radius 1 is 1.38 bits per heavy atom. The third-order valence-corrected chi connectivity index (χ3v) is 2.44. The van der Waals surface area contributed by atoms with Crippen LogP contribution >= 0.6 is 0 Å². The molecule has 0 heterocycles. The minimum atomic E-state index is 0.859. The van der Waals surface area contributed by atoms with Crippen molar-refractivity contribution < 1.29 is 0 Å². The standard InChI is InChI=1S/C11H18N2/c1-4-13-11-7-5-6-10(12)8(2)9(11)3/h5,7,13H,4,6,12H2,1-3H3. The zero-order valence-corrected chi connectivity index (χ0v) is 8.65. The fraction of sp³-hybridized carbons (Fsp3) is 0.455. The molecule has 72 valence electrons. The molecule has 1 rings (SSSR count). The van der Waals surface area contributed by atoms with Crippen molar-refractivity contribution in [3.05, 3.63) is 34.7 Å². The molecule has 0 atom stereocenters. The Bertz CT molecular complexity index is 282. The monoisotopic (exact) mass is 178 g/mol. The summed E-state index contributed by atoms with van der Waals surface area (Å²) in [7, 11) is 0. The predicted octanol–water partition coefficient (Wildman–Crippen LogP) is 2.06. The average Bonchev–Trinajstić information content (AvgIpc) is 2.22. The highest BCUT2D eigenvalue weighted by Crippen LogP contribution is 2.20. The van der Waals surface area contributed by atoms with E-state index in [1.165, 1.54) is 16.8 Å². The summed E-state index contributed by atoms with van der Waals surface area (Å²) >= 11 is 0. The number of likely N-dealkylation sites (N-methyl/N-ethyl adjacent to an activating group) is 1. The van der Waals surface area contributed by atoms with Crippen molar-refractivity contribution in [2.45, 2.75) is 27.2 Å². The number of hydrogen-bond acceptors (Lipinski definition) is 2. The quantitative estimate of drug-likeness (QED) is 0.679. The first-order chi connectivity index (χ1) is 6.16. The van der Waals surface area contributed by atoms with E-state index in [0.717, 1.165) is 18.7 Å². The number of nitrogens with one attached hydrogen (secondary N) is 1. The van der Waals surface area contributed by atoms with E-state index in [1.807, 2.05) is 0 Å². The van der Waals surface area contributed by atoms with Crippen molar-refractivity contribution in [1.29, 1.82) is 0 Å². The maximum atomic E-state index is 5.89. The summed E-state index contributed by atoms with van der Waals surface area (Å²) in [6.45, 7) is 7.23. The van der Waals surface area contributed by atoms with E-state index >= 15 is 0 Å². The van der Waals surface area contributed by atoms with Gasteiger partial charge in [-0.3, -0.25) is 0 Å². The van der Waals surface area contributed by atoms with E-state index in [0.29, 0.717) is 0 Å². The van der Waals surface area contributed by atoms with Crippen LogP contribution in [0.3, 0.4) is 0 Å². The van der Waals surface area contributed by atoms with Crippen LogP contribution in [0.25, 0.3) is 0 Å². The van der Waals surface area contributed by atoms with Crippen molar-refractivity contribution in [2.24, 2.45) is 5.73 Å². The zero-order chi connectivity index (χ0) is 9.84. The molecule has 0 bridgehead atoms. The van der Waals surface area contributed by atoms with Gasteiger partial charge >= 0.3 is 0 Å². The maximum Gasteiger partial charge on any atom is 0.0370 e. The van der Waals surface area contributed by atoms with Gasteiger partial charge in [-0.05, 0) is 38.0 Å². The van der Waals surface area contributed by atoms with Gasteiger partial charge in [-0.2, -0.15) is 0 Å². The molecule has 0 aromatic carbocycles. The van der Waals surface area contributed by atoms with Gasteiger partial charge in [0.05, 0.1) is 0 Å². The second-order valence-corrected chi connectivity index (χ2v) is 3.33. The van der Waals surface area contributed by atoms with E-state index in [4.69, 9.17) is 5.73 Å². The lowest BCUT2D eigenvalue weighted by Crippen LogP contribution is -2.12. The lowest BCUT2D eigenvalue weighted by atomic mass is 10.1. The summed E-state index contributed by atoms with van der Waals surface area (Å²) in [6, 6.07) is 0. The van der Waals surface area contributed by atoms with Crippen LogP contribution in [-0.4, -0.2) is 6.54 Å². The molecule has 0 saturated heterocycles. The van der Waals surface area contributed by atoms with Gasteiger partial charge in [0.25, 0.3) is 0 Å². The van der Waals surface area contributed by atoms with Crippen LogP contribution in [0.2, 0.25) is 0 Å². The second kappa shape index (κ2) is 4.17. The Balaban J connectivity index is 3.03. The molecule has 0 aromatic rings. The molecule has 0 unspecified atom stereocenters. The summed E-state index contributed by atoms with van der Waals surface area (Å²) in [5.41, 5.74) is 10.5. The molecule has 0 radical (unpaired) electrons. The first-order valence-electron chi connectivity index (χ1n) is 4.73. The molecule has 13 heavy (non-hydrogen) atoms. The van der Waals surface area contributed by atoms with E-state index in [-0.39, 0.29) is 0 Å². The summed E-state index contributed by atoms with van der Waals surface area (Å²) in [4.78, 5) is 0. The SMILES string of the molecule is CCNC1=C(C)C(C)=C(N)CC=C1. The van der Waals surface area contributed by atoms with Crippen LogP contribution in [0.1, 0.15) is 27.2 Å². The van der Waals surface area contributed by atoms with Gasteiger partial charge in [-0.15, -0.1) is 0 Å². The van der Waals surface area contributed by atoms with E-state index in [2.05, 4.69) is 38.2 Å². The normalized spacial score (nSPS) is 17.8. The molecule has 0 aliphatic heterocycles. The first kappa shape index (κ1) is 9.90. The van der Waals surface area contributed by atoms with Crippen LogP contribution in [-0.2, 0) is 0 Å². The Morgan fingerprint density at radius 2 is 2.08 bits per heavy atom. The van der Waals surface area contributed by atoms with Crippen molar-refractivity contribution >= 4 is 0 Å². The maximum absolute atomic E-state index is 5.89. The average molecular weight is 178 g/mol. The second-order valence-electron chi connectivity index (χ2n) is 3.33. The minimum Gasteiger partial charge on any atom is -0.402 e. The van der Waals surface area contributed by atoms with Crippen molar-refractivity contribution in [1.82, 2.24) is 5.32 Å². The van der Waals surface area contributed by atoms with Crippen LogP contribution in [0.4, 0.5) is 0 Å². The number of allylic oxidation sites excluding steroid dienone is 4. The third kappa shape index (κ3) is 2.14. The van der Waals surface area contributed by atoms with Crippen LogP contribution in [0, 0.1) is 0 Å². The molecule has 0 aromatic heterocycles.